The molecule has 0 aliphatic rings. The molecule has 0 N–H and O–H groups in total. The maximum absolute atomic E-state index is 5.75. The van der Waals surface area contributed by atoms with Crippen molar-refractivity contribution in [3.63, 3.8) is 0 Å². The van der Waals surface area contributed by atoms with Gasteiger partial charge in [0.1, 0.15) is 0 Å². The van der Waals surface area contributed by atoms with Gasteiger partial charge >= 0.3 is 0 Å². The molecule has 6 nitrogen and oxygen atoms in total. The quantitative estimate of drug-likeness (QED) is 0.691. The number of nitrogens with zero attached hydrogens (tertiary/aromatic N) is 4. The molecule has 0 atom stereocenters. The van der Waals surface area contributed by atoms with Crippen molar-refractivity contribution in [3.8, 4) is 11.5 Å². The van der Waals surface area contributed by atoms with Gasteiger partial charge in [0, 0.05) is 5.33 Å². The van der Waals surface area contributed by atoms with Gasteiger partial charge in [0.05, 0.1) is 18.1 Å². The Morgan fingerprint density at radius 1 is 1.30 bits per heavy atom. The van der Waals surface area contributed by atoms with Gasteiger partial charge in [-0.25, -0.2) is 0 Å². The fraction of sp³-hybridized carbons (Fsp3) is 0.417. The lowest BCUT2D eigenvalue weighted by Crippen LogP contribution is -2.03. The van der Waals surface area contributed by atoms with Gasteiger partial charge in [-0.3, -0.25) is 0 Å². The molecule has 108 valence electrons. The van der Waals surface area contributed by atoms with Crippen LogP contribution in [0, 0.1) is 0 Å². The minimum absolute atomic E-state index is 0.236. The number of aryl methyl sites for hydroxylation is 1. The summed E-state index contributed by atoms with van der Waals surface area (Å²) in [6, 6.07) is 3.93. The molecule has 1 aromatic carbocycles. The Labute approximate surface area is 133 Å². The van der Waals surface area contributed by atoms with Gasteiger partial charge in [-0.15, -0.1) is 10.2 Å². The second-order valence-electron chi connectivity index (χ2n) is 3.96. The van der Waals surface area contributed by atoms with E-state index in [1.165, 1.54) is 4.80 Å². The van der Waals surface area contributed by atoms with Crippen LogP contribution in [0.5, 0.6) is 11.5 Å². The smallest absolute Gasteiger partial charge is 0.212 e. The van der Waals surface area contributed by atoms with Crippen LogP contribution in [0.3, 0.4) is 0 Å². The summed E-state index contributed by atoms with van der Waals surface area (Å²) in [6.07, 6.45) is 0. The molecule has 0 saturated carbocycles. The standard InChI is InChI=1S/C12H14Br2N4O2/c1-3-19-10-5-8(6-13)4-9(14)12(10)20-7-11-15-17-18(2)16-11/h4-5H,3,6-7H2,1-2H3. The van der Waals surface area contributed by atoms with E-state index in [0.717, 1.165) is 15.4 Å². The fourth-order valence-electron chi connectivity index (χ4n) is 1.62. The number of hydrogen-bond acceptors (Lipinski definition) is 5. The first kappa shape index (κ1) is 15.2. The molecule has 8 heteroatoms. The van der Waals surface area contributed by atoms with E-state index in [4.69, 9.17) is 9.47 Å². The van der Waals surface area contributed by atoms with Crippen LogP contribution < -0.4 is 9.47 Å². The average Bonchev–Trinajstić information content (AvgIpc) is 2.83. The SMILES string of the molecule is CCOc1cc(CBr)cc(Br)c1OCc1nnn(C)n1. The van der Waals surface area contributed by atoms with Gasteiger partial charge in [0.2, 0.25) is 5.82 Å². The Kier molecular flexibility index (Phi) is 5.36. The van der Waals surface area contributed by atoms with Crippen LogP contribution in [0.25, 0.3) is 0 Å². The summed E-state index contributed by atoms with van der Waals surface area (Å²) in [4.78, 5) is 1.39. The van der Waals surface area contributed by atoms with Crippen LogP contribution in [-0.4, -0.2) is 26.8 Å². The molecular weight excluding hydrogens is 392 g/mol. The van der Waals surface area contributed by atoms with Crippen LogP contribution in [0.1, 0.15) is 18.3 Å². The zero-order chi connectivity index (χ0) is 14.5. The van der Waals surface area contributed by atoms with E-state index < -0.39 is 0 Å². The number of benzene rings is 1. The van der Waals surface area contributed by atoms with Gasteiger partial charge in [0.25, 0.3) is 0 Å². The van der Waals surface area contributed by atoms with Crippen LogP contribution in [-0.2, 0) is 19.0 Å². The maximum Gasteiger partial charge on any atom is 0.212 e. The van der Waals surface area contributed by atoms with E-state index in [1.54, 1.807) is 7.05 Å². The summed E-state index contributed by atoms with van der Waals surface area (Å²) in [7, 11) is 1.71. The third-order valence-electron chi connectivity index (χ3n) is 2.42. The zero-order valence-electron chi connectivity index (χ0n) is 11.1. The number of rotatable bonds is 6. The Bertz CT molecular complexity index is 589. The normalized spacial score (nSPS) is 10.6. The monoisotopic (exact) mass is 404 g/mol. The second kappa shape index (κ2) is 7.03. The molecule has 1 aromatic heterocycles. The summed E-state index contributed by atoms with van der Waals surface area (Å²) in [5.41, 5.74) is 1.10. The first-order chi connectivity index (χ1) is 9.63. The summed E-state index contributed by atoms with van der Waals surface area (Å²) in [6.45, 7) is 2.74. The lowest BCUT2D eigenvalue weighted by molar-refractivity contribution is 0.261. The van der Waals surface area contributed by atoms with E-state index in [2.05, 4.69) is 47.3 Å². The molecule has 0 bridgehead atoms. The molecule has 0 unspecified atom stereocenters. The summed E-state index contributed by atoms with van der Waals surface area (Å²) >= 11 is 6.93. The number of tetrazole rings is 1. The van der Waals surface area contributed by atoms with Crippen molar-refractivity contribution < 1.29 is 9.47 Å². The molecule has 0 aliphatic carbocycles. The molecule has 0 saturated heterocycles. The number of hydrogen-bond donors (Lipinski definition) is 0. The molecular formula is C12H14Br2N4O2. The molecule has 2 aromatic rings. The predicted octanol–water partition coefficient (Wildman–Crippen LogP) is 2.85. The Hall–Kier alpha value is -1.15. The first-order valence-electron chi connectivity index (χ1n) is 6.01. The molecule has 20 heavy (non-hydrogen) atoms. The van der Waals surface area contributed by atoms with E-state index in [0.29, 0.717) is 23.9 Å². The summed E-state index contributed by atoms with van der Waals surface area (Å²) in [5, 5.41) is 12.5. The third-order valence-corrected chi connectivity index (χ3v) is 3.66. The van der Waals surface area contributed by atoms with Crippen molar-refractivity contribution in [2.75, 3.05) is 6.61 Å². The number of aromatic nitrogens is 4. The average molecular weight is 406 g/mol. The van der Waals surface area contributed by atoms with Gasteiger partial charge in [0.15, 0.2) is 18.1 Å². The highest BCUT2D eigenvalue weighted by atomic mass is 79.9. The Balaban J connectivity index is 2.20. The van der Waals surface area contributed by atoms with E-state index in [9.17, 15) is 0 Å². The van der Waals surface area contributed by atoms with Gasteiger partial charge in [-0.2, -0.15) is 4.80 Å². The first-order valence-corrected chi connectivity index (χ1v) is 7.92. The van der Waals surface area contributed by atoms with Crippen LogP contribution in [0.4, 0.5) is 0 Å². The minimum Gasteiger partial charge on any atom is -0.490 e. The van der Waals surface area contributed by atoms with Crippen molar-refractivity contribution in [1.29, 1.82) is 0 Å². The van der Waals surface area contributed by atoms with Crippen LogP contribution in [0.2, 0.25) is 0 Å². The van der Waals surface area contributed by atoms with Crippen molar-refractivity contribution >= 4 is 31.9 Å². The fourth-order valence-corrected chi connectivity index (χ4v) is 2.55. The largest absolute Gasteiger partial charge is 0.490 e. The highest BCUT2D eigenvalue weighted by Gasteiger charge is 2.13. The summed E-state index contributed by atoms with van der Waals surface area (Å²) < 4.78 is 12.2. The maximum atomic E-state index is 5.75. The second-order valence-corrected chi connectivity index (χ2v) is 5.37. The highest BCUT2D eigenvalue weighted by molar-refractivity contribution is 9.10. The number of ether oxygens (including phenoxy) is 2. The zero-order valence-corrected chi connectivity index (χ0v) is 14.3. The number of alkyl halides is 1. The highest BCUT2D eigenvalue weighted by Crippen LogP contribution is 2.37. The van der Waals surface area contributed by atoms with Gasteiger partial charge < -0.3 is 9.47 Å². The topological polar surface area (TPSA) is 62.1 Å². The van der Waals surface area contributed by atoms with Crippen molar-refractivity contribution in [2.24, 2.45) is 7.05 Å². The van der Waals surface area contributed by atoms with Gasteiger partial charge in [-0.1, -0.05) is 15.9 Å². The van der Waals surface area contributed by atoms with Crippen molar-refractivity contribution in [1.82, 2.24) is 20.2 Å². The van der Waals surface area contributed by atoms with Gasteiger partial charge in [-0.05, 0) is 45.8 Å². The number of halogens is 2. The Morgan fingerprint density at radius 2 is 2.10 bits per heavy atom. The van der Waals surface area contributed by atoms with Crippen LogP contribution in [0.15, 0.2) is 16.6 Å². The lowest BCUT2D eigenvalue weighted by atomic mass is 10.2. The molecule has 0 fully saturated rings. The van der Waals surface area contributed by atoms with Crippen LogP contribution >= 0.6 is 31.9 Å². The van der Waals surface area contributed by atoms with E-state index in [-0.39, 0.29) is 6.61 Å². The third kappa shape index (κ3) is 3.69. The summed E-state index contributed by atoms with van der Waals surface area (Å²) in [5.74, 6) is 1.86. The van der Waals surface area contributed by atoms with E-state index >= 15 is 0 Å². The van der Waals surface area contributed by atoms with Crippen molar-refractivity contribution in [2.45, 2.75) is 18.9 Å². The molecule has 0 spiro atoms. The predicted molar refractivity (Wildman–Crippen MR) is 81.1 cm³/mol. The Morgan fingerprint density at radius 3 is 2.70 bits per heavy atom. The molecule has 0 radical (unpaired) electrons. The minimum atomic E-state index is 0.236. The molecule has 1 heterocycles. The van der Waals surface area contributed by atoms with Crippen molar-refractivity contribution in [3.05, 3.63) is 28.0 Å². The molecule has 2 rings (SSSR count). The lowest BCUT2D eigenvalue weighted by Gasteiger charge is -2.14. The molecule has 0 amide bonds. The van der Waals surface area contributed by atoms with E-state index in [1.807, 2.05) is 19.1 Å². The molecule has 0 aliphatic heterocycles.